The van der Waals surface area contributed by atoms with Crippen molar-refractivity contribution in [2.45, 2.75) is 6.18 Å². The van der Waals surface area contributed by atoms with E-state index in [1.807, 2.05) is 0 Å². The van der Waals surface area contributed by atoms with Crippen molar-refractivity contribution in [2.24, 2.45) is 5.10 Å². The van der Waals surface area contributed by atoms with Crippen LogP contribution >= 0.6 is 0 Å². The maximum absolute atomic E-state index is 13.1. The summed E-state index contributed by atoms with van der Waals surface area (Å²) in [5.74, 6) is 0.167. The van der Waals surface area contributed by atoms with E-state index in [4.69, 9.17) is 0 Å². The molecule has 2 rings (SSSR count). The first-order chi connectivity index (χ1) is 9.39. The molecule has 1 heterocycles. The first-order valence-corrected chi connectivity index (χ1v) is 5.80. The highest BCUT2D eigenvalue weighted by Gasteiger charge is 2.34. The molecule has 0 atom stereocenters. The number of halogens is 3. The van der Waals surface area contributed by atoms with Crippen LogP contribution in [-0.2, 0) is 6.18 Å². The van der Waals surface area contributed by atoms with Crippen molar-refractivity contribution in [3.8, 4) is 0 Å². The Balaban J connectivity index is 2.62. The summed E-state index contributed by atoms with van der Waals surface area (Å²) >= 11 is 0. The van der Waals surface area contributed by atoms with Crippen LogP contribution in [0.1, 0.15) is 11.1 Å². The fourth-order valence-corrected chi connectivity index (χ4v) is 1.74. The molecule has 0 saturated heterocycles. The molecular formula is C13H13F3N4. The molecule has 106 valence electrons. The van der Waals surface area contributed by atoms with Crippen LogP contribution in [0.4, 0.5) is 13.2 Å². The fourth-order valence-electron chi connectivity index (χ4n) is 1.74. The molecular weight excluding hydrogens is 269 g/mol. The summed E-state index contributed by atoms with van der Waals surface area (Å²) in [6, 6.07) is 5.34. The van der Waals surface area contributed by atoms with Gasteiger partial charge in [0.05, 0.1) is 5.56 Å². The Kier molecular flexibility index (Phi) is 3.78. The summed E-state index contributed by atoms with van der Waals surface area (Å²) < 4.78 is 40.7. The number of benzene rings is 1. The molecule has 7 heteroatoms. The van der Waals surface area contributed by atoms with E-state index in [0.29, 0.717) is 0 Å². The molecule has 0 spiro atoms. The van der Waals surface area contributed by atoms with Crippen LogP contribution in [0, 0.1) is 0 Å². The predicted molar refractivity (Wildman–Crippen MR) is 69.3 cm³/mol. The van der Waals surface area contributed by atoms with Gasteiger partial charge in [-0.05, 0) is 6.07 Å². The quantitative estimate of drug-likeness (QED) is 0.482. The third-order valence-corrected chi connectivity index (χ3v) is 2.52. The summed E-state index contributed by atoms with van der Waals surface area (Å²) in [4.78, 5) is 3.85. The average Bonchev–Trinajstić information content (AvgIpc) is 2.88. The molecule has 0 aliphatic heterocycles. The van der Waals surface area contributed by atoms with Crippen molar-refractivity contribution in [1.82, 2.24) is 14.6 Å². The van der Waals surface area contributed by atoms with Gasteiger partial charge in [0.1, 0.15) is 6.33 Å². The van der Waals surface area contributed by atoms with Crippen molar-refractivity contribution in [3.63, 3.8) is 0 Å². The normalized spacial score (nSPS) is 12.6. The average molecular weight is 282 g/mol. The second kappa shape index (κ2) is 5.36. The van der Waals surface area contributed by atoms with Gasteiger partial charge in [-0.1, -0.05) is 18.2 Å². The molecule has 0 bridgehead atoms. The molecule has 0 radical (unpaired) electrons. The topological polar surface area (TPSA) is 33.4 Å². The van der Waals surface area contributed by atoms with Gasteiger partial charge < -0.3 is 5.01 Å². The van der Waals surface area contributed by atoms with Crippen LogP contribution in [0.3, 0.4) is 0 Å². The molecule has 1 aromatic heterocycles. The zero-order valence-corrected chi connectivity index (χ0v) is 11.0. The minimum absolute atomic E-state index is 0.00620. The lowest BCUT2D eigenvalue weighted by Gasteiger charge is -2.16. The highest BCUT2D eigenvalue weighted by Crippen LogP contribution is 2.32. The lowest BCUT2D eigenvalue weighted by atomic mass is 10.1. The SMILES string of the molecule is CN(C)/N=C(/c1ccccc1C(F)(F)F)n1ccnc1. The molecule has 2 aromatic rings. The van der Waals surface area contributed by atoms with Crippen LogP contribution < -0.4 is 0 Å². The first-order valence-electron chi connectivity index (χ1n) is 5.80. The number of aromatic nitrogens is 2. The van der Waals surface area contributed by atoms with Gasteiger partial charge in [-0.25, -0.2) is 4.98 Å². The molecule has 0 amide bonds. The number of alkyl halides is 3. The zero-order chi connectivity index (χ0) is 14.8. The lowest BCUT2D eigenvalue weighted by molar-refractivity contribution is -0.137. The van der Waals surface area contributed by atoms with Crippen LogP contribution in [0.15, 0.2) is 48.1 Å². The number of imidazole rings is 1. The Bertz CT molecular complexity index is 600. The van der Waals surface area contributed by atoms with Crippen molar-refractivity contribution >= 4 is 5.84 Å². The van der Waals surface area contributed by atoms with Crippen LogP contribution in [0.5, 0.6) is 0 Å². The van der Waals surface area contributed by atoms with Crippen molar-refractivity contribution in [3.05, 3.63) is 54.1 Å². The van der Waals surface area contributed by atoms with Gasteiger partial charge in [0.15, 0.2) is 5.84 Å². The Morgan fingerprint density at radius 2 is 1.95 bits per heavy atom. The van der Waals surface area contributed by atoms with E-state index in [2.05, 4.69) is 10.1 Å². The number of hydrogen-bond donors (Lipinski definition) is 0. The fraction of sp³-hybridized carbons (Fsp3) is 0.231. The molecule has 0 aliphatic carbocycles. The Hall–Kier alpha value is -2.31. The standard InChI is InChI=1S/C13H13F3N4/c1-19(2)18-12(20-8-7-17-9-20)10-5-3-4-6-11(10)13(14,15)16/h3-9H,1-2H3/b18-12-. The van der Waals surface area contributed by atoms with E-state index < -0.39 is 11.7 Å². The van der Waals surface area contributed by atoms with Crippen molar-refractivity contribution in [2.75, 3.05) is 14.1 Å². The Labute approximate surface area is 114 Å². The largest absolute Gasteiger partial charge is 0.417 e. The Morgan fingerprint density at radius 3 is 2.50 bits per heavy atom. The molecule has 1 aromatic carbocycles. The highest BCUT2D eigenvalue weighted by molar-refractivity contribution is 6.01. The number of nitrogens with zero attached hydrogens (tertiary/aromatic N) is 4. The molecule has 0 N–H and O–H groups in total. The summed E-state index contributed by atoms with van der Waals surface area (Å²) in [6.45, 7) is 0. The van der Waals surface area contributed by atoms with E-state index in [-0.39, 0.29) is 11.4 Å². The summed E-state index contributed by atoms with van der Waals surface area (Å²) in [5, 5.41) is 5.58. The van der Waals surface area contributed by atoms with E-state index >= 15 is 0 Å². The molecule has 0 unspecified atom stereocenters. The number of hydrogen-bond acceptors (Lipinski definition) is 3. The summed E-state index contributed by atoms with van der Waals surface area (Å²) in [5.41, 5.74) is -0.721. The minimum atomic E-state index is -4.44. The summed E-state index contributed by atoms with van der Waals surface area (Å²) in [7, 11) is 3.29. The zero-order valence-electron chi connectivity index (χ0n) is 11.0. The summed E-state index contributed by atoms with van der Waals surface area (Å²) in [6.07, 6.45) is 0.0105. The highest BCUT2D eigenvalue weighted by atomic mass is 19.4. The molecule has 0 aliphatic rings. The van der Waals surface area contributed by atoms with Gasteiger partial charge in [0, 0.05) is 32.1 Å². The van der Waals surface area contributed by atoms with Gasteiger partial charge in [-0.3, -0.25) is 4.57 Å². The van der Waals surface area contributed by atoms with E-state index in [0.717, 1.165) is 6.07 Å². The van der Waals surface area contributed by atoms with Gasteiger partial charge in [0.25, 0.3) is 0 Å². The molecule has 4 nitrogen and oxygen atoms in total. The lowest BCUT2D eigenvalue weighted by Crippen LogP contribution is -2.21. The van der Waals surface area contributed by atoms with Crippen LogP contribution in [-0.4, -0.2) is 34.5 Å². The van der Waals surface area contributed by atoms with Crippen molar-refractivity contribution < 1.29 is 13.2 Å². The third-order valence-electron chi connectivity index (χ3n) is 2.52. The van der Waals surface area contributed by atoms with Gasteiger partial charge in [-0.15, -0.1) is 0 Å². The van der Waals surface area contributed by atoms with E-state index in [1.165, 1.54) is 34.2 Å². The van der Waals surface area contributed by atoms with E-state index in [9.17, 15) is 13.2 Å². The van der Waals surface area contributed by atoms with Gasteiger partial charge in [0.2, 0.25) is 0 Å². The number of rotatable bonds is 2. The maximum Gasteiger partial charge on any atom is 0.417 e. The molecule has 20 heavy (non-hydrogen) atoms. The molecule has 0 saturated carbocycles. The maximum atomic E-state index is 13.1. The van der Waals surface area contributed by atoms with E-state index in [1.54, 1.807) is 26.4 Å². The monoisotopic (exact) mass is 282 g/mol. The first kappa shape index (κ1) is 14.1. The predicted octanol–water partition coefficient (Wildman–Crippen LogP) is 2.67. The van der Waals surface area contributed by atoms with Gasteiger partial charge in [-0.2, -0.15) is 18.3 Å². The number of hydrazone groups is 1. The molecule has 0 fully saturated rings. The minimum Gasteiger partial charge on any atom is -0.301 e. The Morgan fingerprint density at radius 1 is 1.25 bits per heavy atom. The van der Waals surface area contributed by atoms with Crippen molar-refractivity contribution in [1.29, 1.82) is 0 Å². The smallest absolute Gasteiger partial charge is 0.301 e. The van der Waals surface area contributed by atoms with Gasteiger partial charge >= 0.3 is 6.18 Å². The van der Waals surface area contributed by atoms with Crippen LogP contribution in [0.2, 0.25) is 0 Å². The van der Waals surface area contributed by atoms with Crippen LogP contribution in [0.25, 0.3) is 0 Å². The second-order valence-electron chi connectivity index (χ2n) is 4.28. The third kappa shape index (κ3) is 2.98. The second-order valence-corrected chi connectivity index (χ2v) is 4.28.